The molecule has 0 fully saturated rings. The third-order valence-electron chi connectivity index (χ3n) is 1.63. The second-order valence-electron chi connectivity index (χ2n) is 3.12. The molecule has 0 N–H and O–H groups in total. The molecular formula is C9H10F6NNaO. The molecule has 0 heterocycles. The molecule has 0 unspecified atom stereocenters. The predicted molar refractivity (Wildman–Crippen MR) is 47.4 cm³/mol. The van der Waals surface area contributed by atoms with Crippen molar-refractivity contribution >= 4 is 5.71 Å². The summed E-state index contributed by atoms with van der Waals surface area (Å²) in [5.41, 5.74) is -1.80. The number of unbranched alkanes of at least 4 members (excludes halogenated alkanes) is 1. The fourth-order valence-electron chi connectivity index (χ4n) is 0.781. The van der Waals surface area contributed by atoms with E-state index in [4.69, 9.17) is 0 Å². The van der Waals surface area contributed by atoms with Gasteiger partial charge < -0.3 is 5.11 Å². The summed E-state index contributed by atoms with van der Waals surface area (Å²) in [4.78, 5) is 2.95. The Balaban J connectivity index is 0. The van der Waals surface area contributed by atoms with Crippen molar-refractivity contribution in [2.75, 3.05) is 6.54 Å². The Morgan fingerprint density at radius 2 is 1.61 bits per heavy atom. The maximum absolute atomic E-state index is 12.2. The summed E-state index contributed by atoms with van der Waals surface area (Å²) in [7, 11) is 0. The van der Waals surface area contributed by atoms with Gasteiger partial charge in [0.25, 0.3) is 0 Å². The minimum atomic E-state index is -5.32. The van der Waals surface area contributed by atoms with Crippen LogP contribution in [0.2, 0.25) is 0 Å². The molecule has 18 heavy (non-hydrogen) atoms. The Labute approximate surface area is 122 Å². The summed E-state index contributed by atoms with van der Waals surface area (Å²) in [6.07, 6.45) is -10.1. The van der Waals surface area contributed by atoms with Gasteiger partial charge in [0.1, 0.15) is 5.71 Å². The molecule has 0 aliphatic heterocycles. The van der Waals surface area contributed by atoms with Crippen LogP contribution in [0, 0.1) is 0 Å². The van der Waals surface area contributed by atoms with Crippen molar-refractivity contribution in [3.8, 4) is 0 Å². The van der Waals surface area contributed by atoms with Gasteiger partial charge in [0.05, 0.1) is 0 Å². The molecule has 0 aromatic heterocycles. The fourth-order valence-corrected chi connectivity index (χ4v) is 0.781. The standard InChI is InChI=1S/C9H11F6NO.Na/c1-2-3-4-16-6(8(10,11)12)5-7(17)9(13,14)15;/h5,17H,2-4H2,1H3;/q;+1/p-1/b7-5-,16-6?;. The fraction of sp³-hybridized carbons (Fsp3) is 0.667. The molecule has 0 radical (unpaired) electrons. The van der Waals surface area contributed by atoms with Crippen LogP contribution in [0.5, 0.6) is 0 Å². The molecule has 0 aromatic rings. The summed E-state index contributed by atoms with van der Waals surface area (Å²) in [5.74, 6) is -2.56. The van der Waals surface area contributed by atoms with Crippen molar-refractivity contribution in [2.45, 2.75) is 32.1 Å². The molecule has 0 aliphatic carbocycles. The topological polar surface area (TPSA) is 35.4 Å². The van der Waals surface area contributed by atoms with Crippen LogP contribution in [0.15, 0.2) is 16.8 Å². The SMILES string of the molecule is CCCCN=C(/C=C(\[O-])C(F)(F)F)C(F)(F)F.[Na+]. The normalized spacial score (nSPS) is 14.4. The van der Waals surface area contributed by atoms with Crippen molar-refractivity contribution in [1.82, 2.24) is 0 Å². The van der Waals surface area contributed by atoms with E-state index in [1.165, 1.54) is 0 Å². The quantitative estimate of drug-likeness (QED) is 0.228. The summed E-state index contributed by atoms with van der Waals surface area (Å²) in [6, 6.07) is 0. The number of allylic oxidation sites excluding steroid dienone is 2. The summed E-state index contributed by atoms with van der Waals surface area (Å²) < 4.78 is 72.0. The van der Waals surface area contributed by atoms with E-state index in [9.17, 15) is 31.4 Å². The molecule has 0 spiro atoms. The molecule has 0 saturated carbocycles. The van der Waals surface area contributed by atoms with Gasteiger partial charge in [0.15, 0.2) is 0 Å². The summed E-state index contributed by atoms with van der Waals surface area (Å²) in [6.45, 7) is 1.42. The first-order valence-corrected chi connectivity index (χ1v) is 4.66. The zero-order valence-electron chi connectivity index (χ0n) is 9.82. The number of alkyl halides is 6. The van der Waals surface area contributed by atoms with Gasteiger partial charge >= 0.3 is 41.9 Å². The van der Waals surface area contributed by atoms with Crippen molar-refractivity contribution < 1.29 is 61.0 Å². The number of hydrogen-bond acceptors (Lipinski definition) is 2. The molecule has 0 rings (SSSR count). The molecular weight excluding hydrogens is 275 g/mol. The third kappa shape index (κ3) is 7.99. The van der Waals surface area contributed by atoms with Gasteiger partial charge in [-0.25, -0.2) is 0 Å². The first-order chi connectivity index (χ1) is 7.59. The molecule has 2 nitrogen and oxygen atoms in total. The van der Waals surface area contributed by atoms with E-state index in [1.807, 2.05) is 0 Å². The number of hydrogen-bond donors (Lipinski definition) is 0. The molecule has 0 aliphatic rings. The van der Waals surface area contributed by atoms with Crippen molar-refractivity contribution in [1.29, 1.82) is 0 Å². The van der Waals surface area contributed by atoms with Gasteiger partial charge in [0, 0.05) is 6.54 Å². The zero-order chi connectivity index (χ0) is 13.7. The maximum Gasteiger partial charge on any atom is 1.00 e. The predicted octanol–water partition coefficient (Wildman–Crippen LogP) is -0.400. The third-order valence-corrected chi connectivity index (χ3v) is 1.63. The second kappa shape index (κ2) is 8.06. The maximum atomic E-state index is 12.2. The zero-order valence-corrected chi connectivity index (χ0v) is 11.8. The van der Waals surface area contributed by atoms with Crippen LogP contribution in [-0.2, 0) is 0 Å². The molecule has 0 amide bonds. The van der Waals surface area contributed by atoms with Gasteiger partial charge in [-0.1, -0.05) is 13.3 Å². The number of nitrogens with zero attached hydrogens (tertiary/aromatic N) is 1. The average Bonchev–Trinajstić information content (AvgIpc) is 2.13. The van der Waals surface area contributed by atoms with Gasteiger partial charge in [-0.2, -0.15) is 26.3 Å². The van der Waals surface area contributed by atoms with Gasteiger partial charge in [-0.05, 0) is 18.3 Å². The van der Waals surface area contributed by atoms with Crippen LogP contribution in [0.4, 0.5) is 26.3 Å². The average molecular weight is 285 g/mol. The summed E-state index contributed by atoms with van der Waals surface area (Å²) >= 11 is 0. The first kappa shape index (κ1) is 20.1. The van der Waals surface area contributed by atoms with Crippen LogP contribution in [0.1, 0.15) is 19.8 Å². The van der Waals surface area contributed by atoms with E-state index >= 15 is 0 Å². The molecule has 0 bridgehead atoms. The van der Waals surface area contributed by atoms with Crippen LogP contribution < -0.4 is 34.7 Å². The van der Waals surface area contributed by atoms with Crippen molar-refractivity contribution in [2.24, 2.45) is 4.99 Å². The molecule has 9 heteroatoms. The van der Waals surface area contributed by atoms with Crippen LogP contribution in [0.3, 0.4) is 0 Å². The molecule has 100 valence electrons. The second-order valence-corrected chi connectivity index (χ2v) is 3.12. The van der Waals surface area contributed by atoms with E-state index in [2.05, 4.69) is 4.99 Å². The Kier molecular flexibility index (Phi) is 9.01. The first-order valence-electron chi connectivity index (χ1n) is 4.66. The van der Waals surface area contributed by atoms with E-state index in [-0.39, 0.29) is 36.1 Å². The Bertz CT molecular complexity index is 307. The number of halogens is 6. The largest absolute Gasteiger partial charge is 1.00 e. The van der Waals surface area contributed by atoms with Crippen LogP contribution in [0.25, 0.3) is 0 Å². The number of aliphatic imine (C=N–C) groups is 1. The van der Waals surface area contributed by atoms with Crippen LogP contribution in [-0.4, -0.2) is 24.6 Å². The van der Waals surface area contributed by atoms with E-state index in [0.29, 0.717) is 12.8 Å². The van der Waals surface area contributed by atoms with Gasteiger partial charge in [-0.15, -0.1) is 0 Å². The molecule has 0 saturated heterocycles. The Morgan fingerprint density at radius 1 is 1.11 bits per heavy atom. The monoisotopic (exact) mass is 285 g/mol. The van der Waals surface area contributed by atoms with Crippen molar-refractivity contribution in [3.05, 3.63) is 11.8 Å². The van der Waals surface area contributed by atoms with Crippen LogP contribution >= 0.6 is 0 Å². The Morgan fingerprint density at radius 3 is 1.94 bits per heavy atom. The van der Waals surface area contributed by atoms with E-state index < -0.39 is 29.9 Å². The minimum Gasteiger partial charge on any atom is -0.869 e. The van der Waals surface area contributed by atoms with Gasteiger partial charge in [-0.3, -0.25) is 4.99 Å². The molecule has 0 atom stereocenters. The minimum absolute atomic E-state index is 0. The number of rotatable bonds is 4. The smallest absolute Gasteiger partial charge is 0.869 e. The summed E-state index contributed by atoms with van der Waals surface area (Å²) in [5, 5.41) is 10.4. The van der Waals surface area contributed by atoms with Gasteiger partial charge in [0.2, 0.25) is 0 Å². The van der Waals surface area contributed by atoms with E-state index in [0.717, 1.165) is 0 Å². The molecule has 0 aromatic carbocycles. The Hall–Kier alpha value is -0.210. The van der Waals surface area contributed by atoms with E-state index in [1.54, 1.807) is 6.92 Å². The van der Waals surface area contributed by atoms with Crippen molar-refractivity contribution in [3.63, 3.8) is 0 Å².